The summed E-state index contributed by atoms with van der Waals surface area (Å²) in [5.41, 5.74) is 3.79. The summed E-state index contributed by atoms with van der Waals surface area (Å²) in [7, 11) is 1.60. The Bertz CT molecular complexity index is 962. The van der Waals surface area contributed by atoms with Gasteiger partial charge in [0.1, 0.15) is 11.5 Å². The lowest BCUT2D eigenvalue weighted by molar-refractivity contribution is -0.118. The molecule has 4 rings (SSSR count). The molecule has 0 radical (unpaired) electrons. The first-order chi connectivity index (χ1) is 13.2. The molecule has 0 aliphatic carbocycles. The molecule has 0 unspecified atom stereocenters. The molecule has 0 N–H and O–H groups in total. The van der Waals surface area contributed by atoms with E-state index in [1.54, 1.807) is 19.6 Å². The van der Waals surface area contributed by atoms with Crippen LogP contribution >= 0.6 is 0 Å². The number of ether oxygens (including phenoxy) is 1. The summed E-state index contributed by atoms with van der Waals surface area (Å²) in [5, 5.41) is 0. The van der Waals surface area contributed by atoms with E-state index in [0.717, 1.165) is 28.1 Å². The predicted octanol–water partition coefficient (Wildman–Crippen LogP) is 3.92. The normalized spacial score (nSPS) is 13.7. The van der Waals surface area contributed by atoms with Gasteiger partial charge in [0.15, 0.2) is 0 Å². The van der Waals surface area contributed by atoms with Crippen molar-refractivity contribution in [1.29, 1.82) is 0 Å². The van der Waals surface area contributed by atoms with Crippen molar-refractivity contribution in [3.8, 4) is 0 Å². The standard InChI is InChI=1S/C22H20N2O3/c1-26-22-20-14-23-17(10-16(20)13-24-22)11-18(25)12-19(21-8-5-9-27-21)15-6-3-2-4-7-15/h2-10,14,19H,11-13H2,1H3/t19-/m1/s1. The second kappa shape index (κ2) is 7.58. The maximum atomic E-state index is 12.8. The summed E-state index contributed by atoms with van der Waals surface area (Å²) in [6.45, 7) is 0.571. The quantitative estimate of drug-likeness (QED) is 0.668. The summed E-state index contributed by atoms with van der Waals surface area (Å²) in [6, 6.07) is 15.7. The van der Waals surface area contributed by atoms with Gasteiger partial charge in [-0.1, -0.05) is 30.3 Å². The van der Waals surface area contributed by atoms with Crippen molar-refractivity contribution in [2.24, 2.45) is 4.99 Å². The Balaban J connectivity index is 1.50. The van der Waals surface area contributed by atoms with Gasteiger partial charge in [-0.3, -0.25) is 9.78 Å². The third kappa shape index (κ3) is 3.67. The number of aliphatic imine (C=N–C) groups is 1. The maximum absolute atomic E-state index is 12.8. The van der Waals surface area contributed by atoms with Crippen LogP contribution in [0.3, 0.4) is 0 Å². The molecule has 1 aliphatic rings. The summed E-state index contributed by atoms with van der Waals surface area (Å²) in [4.78, 5) is 21.5. The monoisotopic (exact) mass is 360 g/mol. The van der Waals surface area contributed by atoms with E-state index in [1.807, 2.05) is 48.5 Å². The zero-order chi connectivity index (χ0) is 18.6. The number of furan rings is 1. The third-order valence-corrected chi connectivity index (χ3v) is 4.76. The molecule has 0 spiro atoms. The molecule has 5 nitrogen and oxygen atoms in total. The molecule has 5 heteroatoms. The number of hydrogen-bond donors (Lipinski definition) is 0. The number of ketones is 1. The van der Waals surface area contributed by atoms with Gasteiger partial charge in [-0.05, 0) is 29.3 Å². The van der Waals surface area contributed by atoms with Crippen LogP contribution in [0.5, 0.6) is 0 Å². The lowest BCUT2D eigenvalue weighted by Gasteiger charge is -2.14. The van der Waals surface area contributed by atoms with Gasteiger partial charge in [0.2, 0.25) is 5.90 Å². The number of pyridine rings is 1. The lowest BCUT2D eigenvalue weighted by Crippen LogP contribution is -2.12. The van der Waals surface area contributed by atoms with Crippen LogP contribution in [0.4, 0.5) is 0 Å². The first-order valence-corrected chi connectivity index (χ1v) is 8.91. The average Bonchev–Trinajstić information content (AvgIpc) is 3.36. The van der Waals surface area contributed by atoms with E-state index >= 15 is 0 Å². The first kappa shape index (κ1) is 17.2. The maximum Gasteiger partial charge on any atom is 0.218 e. The van der Waals surface area contributed by atoms with Gasteiger partial charge < -0.3 is 9.15 Å². The van der Waals surface area contributed by atoms with Crippen molar-refractivity contribution in [1.82, 2.24) is 4.98 Å². The van der Waals surface area contributed by atoms with E-state index in [1.165, 1.54) is 0 Å². The molecule has 0 bridgehead atoms. The summed E-state index contributed by atoms with van der Waals surface area (Å²) >= 11 is 0. The molecule has 2 aromatic heterocycles. The van der Waals surface area contributed by atoms with Crippen molar-refractivity contribution < 1.29 is 13.9 Å². The van der Waals surface area contributed by atoms with Crippen LogP contribution in [-0.4, -0.2) is 23.8 Å². The molecule has 3 aromatic rings. The third-order valence-electron chi connectivity index (χ3n) is 4.76. The van der Waals surface area contributed by atoms with Crippen LogP contribution in [0.2, 0.25) is 0 Å². The molecule has 0 fully saturated rings. The highest BCUT2D eigenvalue weighted by Crippen LogP contribution is 2.29. The minimum absolute atomic E-state index is 0.0912. The molecule has 0 saturated heterocycles. The van der Waals surface area contributed by atoms with Gasteiger partial charge in [-0.15, -0.1) is 0 Å². The van der Waals surface area contributed by atoms with Gasteiger partial charge in [0.05, 0.1) is 25.5 Å². The number of methoxy groups -OCH3 is 1. The van der Waals surface area contributed by atoms with E-state index in [4.69, 9.17) is 9.15 Å². The Morgan fingerprint density at radius 2 is 2.07 bits per heavy atom. The van der Waals surface area contributed by atoms with E-state index in [-0.39, 0.29) is 11.7 Å². The number of benzene rings is 1. The summed E-state index contributed by atoms with van der Waals surface area (Å²) in [6.07, 6.45) is 4.05. The molecular formula is C22H20N2O3. The Morgan fingerprint density at radius 1 is 1.22 bits per heavy atom. The van der Waals surface area contributed by atoms with Gasteiger partial charge in [0.25, 0.3) is 0 Å². The fourth-order valence-corrected chi connectivity index (χ4v) is 3.44. The van der Waals surface area contributed by atoms with Crippen molar-refractivity contribution >= 4 is 11.7 Å². The topological polar surface area (TPSA) is 64.7 Å². The van der Waals surface area contributed by atoms with Crippen LogP contribution in [0.15, 0.2) is 70.4 Å². The largest absolute Gasteiger partial charge is 0.481 e. The number of carbonyl (C=O) groups is 1. The van der Waals surface area contributed by atoms with Crippen molar-refractivity contribution in [3.05, 3.63) is 89.1 Å². The number of hydrogen-bond acceptors (Lipinski definition) is 5. The van der Waals surface area contributed by atoms with E-state index in [0.29, 0.717) is 25.3 Å². The second-order valence-corrected chi connectivity index (χ2v) is 6.56. The van der Waals surface area contributed by atoms with Crippen LogP contribution in [-0.2, 0) is 22.5 Å². The molecule has 27 heavy (non-hydrogen) atoms. The SMILES string of the molecule is COC1=NCc2cc(CC(=O)C[C@H](c3ccccc3)c3ccco3)ncc21. The van der Waals surface area contributed by atoms with Gasteiger partial charge in [-0.2, -0.15) is 0 Å². The molecule has 1 aliphatic heterocycles. The van der Waals surface area contributed by atoms with E-state index < -0.39 is 0 Å². The van der Waals surface area contributed by atoms with Gasteiger partial charge >= 0.3 is 0 Å². The Hall–Kier alpha value is -3.21. The Labute approximate surface area is 157 Å². The van der Waals surface area contributed by atoms with Crippen LogP contribution in [0.25, 0.3) is 0 Å². The van der Waals surface area contributed by atoms with Gasteiger partial charge in [-0.25, -0.2) is 4.99 Å². The number of aromatic nitrogens is 1. The highest BCUT2D eigenvalue weighted by Gasteiger charge is 2.22. The molecular weight excluding hydrogens is 340 g/mol. The van der Waals surface area contributed by atoms with Crippen LogP contribution < -0.4 is 0 Å². The highest BCUT2D eigenvalue weighted by atomic mass is 16.5. The molecule has 1 atom stereocenters. The van der Waals surface area contributed by atoms with Crippen molar-refractivity contribution in [2.45, 2.75) is 25.3 Å². The minimum atomic E-state index is -0.0912. The first-order valence-electron chi connectivity index (χ1n) is 8.91. The Morgan fingerprint density at radius 3 is 2.81 bits per heavy atom. The molecule has 1 aromatic carbocycles. The number of Topliss-reactive ketones (excluding diaryl/α,β-unsaturated/α-hetero) is 1. The Kier molecular flexibility index (Phi) is 4.83. The number of nitrogens with zero attached hydrogens (tertiary/aromatic N) is 2. The minimum Gasteiger partial charge on any atom is -0.481 e. The fourth-order valence-electron chi connectivity index (χ4n) is 3.44. The zero-order valence-electron chi connectivity index (χ0n) is 15.1. The van der Waals surface area contributed by atoms with Crippen molar-refractivity contribution in [2.75, 3.05) is 7.11 Å². The predicted molar refractivity (Wildman–Crippen MR) is 102 cm³/mol. The number of rotatable bonds is 6. The molecule has 0 amide bonds. The molecule has 0 saturated carbocycles. The second-order valence-electron chi connectivity index (χ2n) is 6.56. The van der Waals surface area contributed by atoms with Crippen LogP contribution in [0, 0.1) is 0 Å². The van der Waals surface area contributed by atoms with E-state index in [9.17, 15) is 4.79 Å². The average molecular weight is 360 g/mol. The van der Waals surface area contributed by atoms with Crippen LogP contribution in [0.1, 0.15) is 40.5 Å². The molecule has 3 heterocycles. The number of carbonyl (C=O) groups excluding carboxylic acids is 1. The number of fused-ring (bicyclic) bond motifs is 1. The van der Waals surface area contributed by atoms with Crippen molar-refractivity contribution in [3.63, 3.8) is 0 Å². The summed E-state index contributed by atoms with van der Waals surface area (Å²) < 4.78 is 10.8. The van der Waals surface area contributed by atoms with E-state index in [2.05, 4.69) is 9.98 Å². The smallest absolute Gasteiger partial charge is 0.218 e. The molecule has 136 valence electrons. The van der Waals surface area contributed by atoms with Gasteiger partial charge in [0, 0.05) is 30.7 Å². The highest BCUT2D eigenvalue weighted by molar-refractivity contribution is 5.97. The lowest BCUT2D eigenvalue weighted by atomic mass is 9.90. The fraction of sp³-hybridized carbons (Fsp3) is 0.227. The summed E-state index contributed by atoms with van der Waals surface area (Å²) in [5.74, 6) is 1.44. The zero-order valence-corrected chi connectivity index (χ0v) is 15.1.